The molecule has 3 aromatic carbocycles. The predicted octanol–water partition coefficient (Wildman–Crippen LogP) is 4.78. The second-order valence-corrected chi connectivity index (χ2v) is 8.79. The zero-order chi connectivity index (χ0) is 23.8. The summed E-state index contributed by atoms with van der Waals surface area (Å²) in [5, 5.41) is 2.67. The van der Waals surface area contributed by atoms with Crippen LogP contribution in [-0.2, 0) is 23.9 Å². The molecule has 0 aromatic heterocycles. The smallest absolute Gasteiger partial charge is 0.416 e. The Morgan fingerprint density at radius 2 is 1.73 bits per heavy atom. The topological polar surface area (TPSA) is 72.5 Å². The SMILES string of the molecule is CCN1C(=O)c2ccccc2[S+]([O-])c2ccc(C(=O)NCc3ccc(C(F)(F)F)cc3)cc21. The van der Waals surface area contributed by atoms with Crippen molar-refractivity contribution in [3.8, 4) is 0 Å². The van der Waals surface area contributed by atoms with Crippen LogP contribution in [0.25, 0.3) is 0 Å². The lowest BCUT2D eigenvalue weighted by Gasteiger charge is -2.20. The van der Waals surface area contributed by atoms with E-state index in [1.54, 1.807) is 37.3 Å². The van der Waals surface area contributed by atoms with E-state index in [0.29, 0.717) is 33.2 Å². The summed E-state index contributed by atoms with van der Waals surface area (Å²) in [4.78, 5) is 28.1. The zero-order valence-corrected chi connectivity index (χ0v) is 18.3. The van der Waals surface area contributed by atoms with Gasteiger partial charge in [-0.25, -0.2) is 0 Å². The number of nitrogens with zero attached hydrogens (tertiary/aromatic N) is 1. The summed E-state index contributed by atoms with van der Waals surface area (Å²) in [6.45, 7) is 2.13. The first-order chi connectivity index (χ1) is 15.7. The number of carbonyl (C=O) groups excluding carboxylic acids is 2. The molecular weight excluding hydrogens is 453 g/mol. The Morgan fingerprint density at radius 1 is 1.03 bits per heavy atom. The minimum absolute atomic E-state index is 0.0296. The van der Waals surface area contributed by atoms with E-state index in [1.807, 2.05) is 0 Å². The number of carbonyl (C=O) groups is 2. The highest BCUT2D eigenvalue weighted by Crippen LogP contribution is 2.37. The highest BCUT2D eigenvalue weighted by atomic mass is 32.2. The number of anilines is 1. The van der Waals surface area contributed by atoms with E-state index in [2.05, 4.69) is 5.32 Å². The summed E-state index contributed by atoms with van der Waals surface area (Å²) >= 11 is -1.60. The second-order valence-electron chi connectivity index (χ2n) is 7.37. The van der Waals surface area contributed by atoms with E-state index in [4.69, 9.17) is 0 Å². The van der Waals surface area contributed by atoms with Crippen molar-refractivity contribution < 1.29 is 27.3 Å². The molecule has 9 heteroatoms. The van der Waals surface area contributed by atoms with Crippen LogP contribution in [0.3, 0.4) is 0 Å². The van der Waals surface area contributed by atoms with Gasteiger partial charge in [0.25, 0.3) is 11.8 Å². The number of alkyl halides is 3. The average Bonchev–Trinajstić information content (AvgIpc) is 2.90. The molecule has 4 rings (SSSR count). The van der Waals surface area contributed by atoms with Gasteiger partial charge in [-0.2, -0.15) is 13.2 Å². The number of hydrogen-bond donors (Lipinski definition) is 1. The molecule has 1 aliphatic rings. The Hall–Kier alpha value is -3.30. The van der Waals surface area contributed by atoms with Gasteiger partial charge in [0.1, 0.15) is 5.69 Å². The zero-order valence-electron chi connectivity index (χ0n) is 17.5. The maximum atomic E-state index is 13.2. The molecule has 33 heavy (non-hydrogen) atoms. The molecule has 1 N–H and O–H groups in total. The van der Waals surface area contributed by atoms with Crippen molar-refractivity contribution in [2.45, 2.75) is 29.4 Å². The summed E-state index contributed by atoms with van der Waals surface area (Å²) in [5.41, 5.74) is 0.728. The van der Waals surface area contributed by atoms with Gasteiger partial charge in [-0.3, -0.25) is 9.59 Å². The highest BCUT2D eigenvalue weighted by Gasteiger charge is 2.35. The van der Waals surface area contributed by atoms with Gasteiger partial charge in [-0.1, -0.05) is 24.3 Å². The molecule has 0 aliphatic carbocycles. The van der Waals surface area contributed by atoms with Crippen molar-refractivity contribution in [1.82, 2.24) is 5.32 Å². The number of amides is 2. The Morgan fingerprint density at radius 3 is 2.39 bits per heavy atom. The Kier molecular flexibility index (Phi) is 6.18. The average molecular weight is 472 g/mol. The summed E-state index contributed by atoms with van der Waals surface area (Å²) in [6, 6.07) is 15.8. The number of nitrogens with one attached hydrogen (secondary N) is 1. The van der Waals surface area contributed by atoms with Gasteiger partial charge in [0, 0.05) is 29.8 Å². The van der Waals surface area contributed by atoms with Crippen LogP contribution in [0, 0.1) is 0 Å². The minimum atomic E-state index is -4.42. The van der Waals surface area contributed by atoms with Crippen LogP contribution in [0.15, 0.2) is 76.5 Å². The highest BCUT2D eigenvalue weighted by molar-refractivity contribution is 7.91. The number of fused-ring (bicyclic) bond motifs is 2. The van der Waals surface area contributed by atoms with Gasteiger partial charge in [0.05, 0.1) is 11.1 Å². The third kappa shape index (κ3) is 4.46. The van der Waals surface area contributed by atoms with Crippen molar-refractivity contribution in [2.75, 3.05) is 11.4 Å². The van der Waals surface area contributed by atoms with E-state index >= 15 is 0 Å². The number of hydrogen-bond acceptors (Lipinski definition) is 3. The van der Waals surface area contributed by atoms with Crippen molar-refractivity contribution in [2.24, 2.45) is 0 Å². The third-order valence-electron chi connectivity index (χ3n) is 5.32. The molecule has 1 atom stereocenters. The van der Waals surface area contributed by atoms with Crippen molar-refractivity contribution in [3.63, 3.8) is 0 Å². The Bertz CT molecular complexity index is 1210. The van der Waals surface area contributed by atoms with Crippen LogP contribution in [-0.4, -0.2) is 22.9 Å². The maximum absolute atomic E-state index is 13.2. The first kappa shape index (κ1) is 22.9. The molecule has 0 spiro atoms. The fraction of sp³-hybridized carbons (Fsp3) is 0.167. The van der Waals surface area contributed by atoms with Crippen molar-refractivity contribution in [3.05, 3.63) is 89.0 Å². The van der Waals surface area contributed by atoms with Crippen LogP contribution in [0.5, 0.6) is 0 Å². The second kappa shape index (κ2) is 8.92. The quantitative estimate of drug-likeness (QED) is 0.556. The summed E-state index contributed by atoms with van der Waals surface area (Å²) in [7, 11) is 0. The van der Waals surface area contributed by atoms with Crippen LogP contribution in [0.2, 0.25) is 0 Å². The van der Waals surface area contributed by atoms with E-state index in [-0.39, 0.29) is 18.0 Å². The summed E-state index contributed by atoms with van der Waals surface area (Å²) in [6.07, 6.45) is -4.42. The molecule has 3 aromatic rings. The van der Waals surface area contributed by atoms with Gasteiger partial charge in [-0.15, -0.1) is 0 Å². The van der Waals surface area contributed by atoms with Crippen molar-refractivity contribution >= 4 is 28.7 Å². The van der Waals surface area contributed by atoms with Crippen LogP contribution in [0.4, 0.5) is 18.9 Å². The molecular formula is C24H19F3N2O3S. The lowest BCUT2D eigenvalue weighted by molar-refractivity contribution is -0.137. The van der Waals surface area contributed by atoms with Gasteiger partial charge in [0.15, 0.2) is 9.79 Å². The lowest BCUT2D eigenvalue weighted by atomic mass is 10.1. The molecule has 1 unspecified atom stereocenters. The van der Waals surface area contributed by atoms with E-state index < -0.39 is 28.8 Å². The predicted molar refractivity (Wildman–Crippen MR) is 118 cm³/mol. The van der Waals surface area contributed by atoms with Crippen LogP contribution >= 0.6 is 0 Å². The fourth-order valence-electron chi connectivity index (χ4n) is 3.61. The van der Waals surface area contributed by atoms with Gasteiger partial charge in [0.2, 0.25) is 0 Å². The fourth-order valence-corrected chi connectivity index (χ4v) is 4.96. The first-order valence-corrected chi connectivity index (χ1v) is 11.3. The summed E-state index contributed by atoms with van der Waals surface area (Å²) < 4.78 is 51.3. The largest absolute Gasteiger partial charge is 0.606 e. The molecule has 2 amide bonds. The Labute approximate surface area is 191 Å². The molecule has 0 radical (unpaired) electrons. The van der Waals surface area contributed by atoms with Crippen molar-refractivity contribution in [1.29, 1.82) is 0 Å². The maximum Gasteiger partial charge on any atom is 0.416 e. The Balaban J connectivity index is 1.58. The number of benzene rings is 3. The van der Waals surface area contributed by atoms with Gasteiger partial charge in [-0.05, 0) is 55.0 Å². The van der Waals surface area contributed by atoms with Crippen LogP contribution < -0.4 is 10.2 Å². The van der Waals surface area contributed by atoms with Gasteiger partial charge < -0.3 is 14.8 Å². The standard InChI is InChI=1S/C24H19F3N2O3S/c1-2-29-19-13-16(22(30)28-14-15-7-10-17(11-8-15)24(25,26)27)9-12-21(19)33(32)20-6-4-3-5-18(20)23(29)31/h3-13H,2,14H2,1H3,(H,28,30). The molecule has 0 saturated heterocycles. The monoisotopic (exact) mass is 472 g/mol. The molecule has 1 heterocycles. The number of halogens is 3. The van der Waals surface area contributed by atoms with E-state index in [1.165, 1.54) is 29.2 Å². The van der Waals surface area contributed by atoms with E-state index in [9.17, 15) is 27.3 Å². The molecule has 170 valence electrons. The molecule has 0 fully saturated rings. The van der Waals surface area contributed by atoms with Gasteiger partial charge >= 0.3 is 6.18 Å². The first-order valence-electron chi connectivity index (χ1n) is 10.1. The summed E-state index contributed by atoms with van der Waals surface area (Å²) in [5.74, 6) is -0.767. The third-order valence-corrected chi connectivity index (χ3v) is 6.82. The molecule has 5 nitrogen and oxygen atoms in total. The minimum Gasteiger partial charge on any atom is -0.606 e. The molecule has 0 bridgehead atoms. The normalized spacial score (nSPS) is 15.5. The lowest BCUT2D eigenvalue weighted by Crippen LogP contribution is -2.31. The van der Waals surface area contributed by atoms with Crippen LogP contribution in [0.1, 0.15) is 38.8 Å². The molecule has 0 saturated carbocycles. The van der Waals surface area contributed by atoms with E-state index in [0.717, 1.165) is 12.1 Å². The number of rotatable bonds is 4. The molecule has 1 aliphatic heterocycles.